The van der Waals surface area contributed by atoms with Gasteiger partial charge < -0.3 is 0 Å². The fourth-order valence-corrected chi connectivity index (χ4v) is 2.60. The Morgan fingerprint density at radius 3 is 2.52 bits per heavy atom. The zero-order valence-electron chi connectivity index (χ0n) is 12.5. The van der Waals surface area contributed by atoms with E-state index in [4.69, 9.17) is 23.8 Å². The van der Waals surface area contributed by atoms with Gasteiger partial charge in [-0.2, -0.15) is 28.0 Å². The standard InChI is InChI=1S/C16H10ClF3N4S/c17-13-8-4-2-6-11(13)14-22-23-15(25)24(14)21-9-10-5-1-3-7-12(10)16(18,19)20/h1-9H,(H,23,25)/b21-9-. The van der Waals surface area contributed by atoms with Crippen molar-refractivity contribution in [3.63, 3.8) is 0 Å². The molecule has 1 heterocycles. The van der Waals surface area contributed by atoms with E-state index in [1.54, 1.807) is 24.3 Å². The normalized spacial score (nSPS) is 12.0. The summed E-state index contributed by atoms with van der Waals surface area (Å²) in [6.45, 7) is 0. The summed E-state index contributed by atoms with van der Waals surface area (Å²) in [5.41, 5.74) is -0.311. The molecule has 0 saturated carbocycles. The van der Waals surface area contributed by atoms with Crippen molar-refractivity contribution >= 4 is 30.0 Å². The molecule has 4 nitrogen and oxygen atoms in total. The molecule has 3 aromatic rings. The van der Waals surface area contributed by atoms with E-state index in [1.165, 1.54) is 22.9 Å². The molecule has 0 amide bonds. The van der Waals surface area contributed by atoms with E-state index >= 15 is 0 Å². The summed E-state index contributed by atoms with van der Waals surface area (Å²) in [5, 5.41) is 11.1. The summed E-state index contributed by atoms with van der Waals surface area (Å²) in [5.74, 6) is 0.302. The first-order valence-electron chi connectivity index (χ1n) is 7.01. The third-order valence-electron chi connectivity index (χ3n) is 3.34. The van der Waals surface area contributed by atoms with E-state index in [-0.39, 0.29) is 10.3 Å². The van der Waals surface area contributed by atoms with E-state index in [0.717, 1.165) is 12.3 Å². The van der Waals surface area contributed by atoms with Crippen LogP contribution >= 0.6 is 23.8 Å². The van der Waals surface area contributed by atoms with E-state index in [0.29, 0.717) is 16.4 Å². The van der Waals surface area contributed by atoms with Crippen molar-refractivity contribution in [2.45, 2.75) is 6.18 Å². The van der Waals surface area contributed by atoms with Crippen LogP contribution < -0.4 is 0 Å². The van der Waals surface area contributed by atoms with Crippen LogP contribution in [0.5, 0.6) is 0 Å². The quantitative estimate of drug-likeness (QED) is 0.502. The van der Waals surface area contributed by atoms with Gasteiger partial charge in [0, 0.05) is 11.1 Å². The lowest BCUT2D eigenvalue weighted by atomic mass is 10.1. The minimum atomic E-state index is -4.48. The first kappa shape index (κ1) is 17.4. The highest BCUT2D eigenvalue weighted by atomic mass is 35.5. The first-order chi connectivity index (χ1) is 11.9. The third-order valence-corrected chi connectivity index (χ3v) is 3.94. The van der Waals surface area contributed by atoms with Gasteiger partial charge in [0.15, 0.2) is 5.82 Å². The van der Waals surface area contributed by atoms with Gasteiger partial charge in [0.25, 0.3) is 0 Å². The predicted octanol–water partition coefficient (Wildman–Crippen LogP) is 5.16. The lowest BCUT2D eigenvalue weighted by molar-refractivity contribution is -0.137. The average molecular weight is 383 g/mol. The molecule has 25 heavy (non-hydrogen) atoms. The molecular weight excluding hydrogens is 373 g/mol. The number of H-pyrrole nitrogens is 1. The van der Waals surface area contributed by atoms with E-state index in [2.05, 4.69) is 15.3 Å². The number of hydrogen-bond donors (Lipinski definition) is 1. The summed E-state index contributed by atoms with van der Waals surface area (Å²) in [7, 11) is 0. The number of alkyl halides is 3. The Hall–Kier alpha value is -2.45. The molecule has 9 heteroatoms. The van der Waals surface area contributed by atoms with E-state index in [1.807, 2.05) is 0 Å². The summed E-state index contributed by atoms with van der Waals surface area (Å²) in [6, 6.07) is 12.0. The van der Waals surface area contributed by atoms with Gasteiger partial charge in [-0.3, -0.25) is 0 Å². The maximum Gasteiger partial charge on any atom is 0.417 e. The molecule has 0 bridgehead atoms. The van der Waals surface area contributed by atoms with Crippen LogP contribution in [0.3, 0.4) is 0 Å². The molecule has 0 spiro atoms. The number of nitrogens with one attached hydrogen (secondary N) is 1. The van der Waals surface area contributed by atoms with Crippen LogP contribution in [-0.2, 0) is 6.18 Å². The van der Waals surface area contributed by atoms with Gasteiger partial charge in [-0.15, -0.1) is 0 Å². The van der Waals surface area contributed by atoms with Crippen LogP contribution in [0.1, 0.15) is 11.1 Å². The van der Waals surface area contributed by atoms with Gasteiger partial charge in [-0.25, -0.2) is 5.10 Å². The van der Waals surface area contributed by atoms with Crippen LogP contribution in [0.4, 0.5) is 13.2 Å². The van der Waals surface area contributed by atoms with Crippen molar-refractivity contribution in [1.82, 2.24) is 14.9 Å². The van der Waals surface area contributed by atoms with Gasteiger partial charge >= 0.3 is 6.18 Å². The number of hydrogen-bond acceptors (Lipinski definition) is 3. The second-order valence-corrected chi connectivity index (χ2v) is 5.77. The Kier molecular flexibility index (Phi) is 4.73. The molecule has 0 atom stereocenters. The molecule has 1 aromatic heterocycles. The summed E-state index contributed by atoms with van der Waals surface area (Å²) in [6.07, 6.45) is -3.39. The third kappa shape index (κ3) is 3.64. The molecule has 0 unspecified atom stereocenters. The van der Waals surface area contributed by atoms with Crippen LogP contribution in [0.2, 0.25) is 5.02 Å². The molecule has 0 aliphatic heterocycles. The topological polar surface area (TPSA) is 46.0 Å². The smallest absolute Gasteiger partial charge is 0.250 e. The minimum Gasteiger partial charge on any atom is -0.250 e. The average Bonchev–Trinajstić information content (AvgIpc) is 2.93. The molecule has 0 saturated heterocycles. The summed E-state index contributed by atoms with van der Waals surface area (Å²) < 4.78 is 40.6. The van der Waals surface area contributed by atoms with Gasteiger partial charge in [0.05, 0.1) is 16.8 Å². The highest BCUT2D eigenvalue weighted by molar-refractivity contribution is 7.71. The Morgan fingerprint density at radius 1 is 1.12 bits per heavy atom. The highest BCUT2D eigenvalue weighted by Gasteiger charge is 2.32. The zero-order chi connectivity index (χ0) is 18.0. The van der Waals surface area contributed by atoms with Crippen molar-refractivity contribution < 1.29 is 13.2 Å². The second-order valence-electron chi connectivity index (χ2n) is 4.97. The minimum absolute atomic E-state index is 0.0804. The molecule has 0 aliphatic rings. The number of nitrogens with zero attached hydrogens (tertiary/aromatic N) is 3. The second kappa shape index (κ2) is 6.81. The van der Waals surface area contributed by atoms with Gasteiger partial charge in [-0.1, -0.05) is 41.9 Å². The molecule has 0 radical (unpaired) electrons. The Labute approximate surface area is 150 Å². The van der Waals surface area contributed by atoms with Crippen LogP contribution in [-0.4, -0.2) is 21.1 Å². The maximum atomic E-state index is 13.1. The molecule has 1 N–H and O–H groups in total. The number of rotatable bonds is 3. The maximum absolute atomic E-state index is 13.1. The zero-order valence-corrected chi connectivity index (χ0v) is 14.0. The fourth-order valence-electron chi connectivity index (χ4n) is 2.20. The summed E-state index contributed by atoms with van der Waals surface area (Å²) in [4.78, 5) is 0. The SMILES string of the molecule is FC(F)(F)c1ccccc1/C=N\n1c(-c2ccccc2Cl)n[nH]c1=S. The number of aromatic nitrogens is 3. The van der Waals surface area contributed by atoms with Gasteiger partial charge in [0.2, 0.25) is 4.77 Å². The van der Waals surface area contributed by atoms with Crippen molar-refractivity contribution in [3.05, 3.63) is 69.5 Å². The highest BCUT2D eigenvalue weighted by Crippen LogP contribution is 2.31. The fraction of sp³-hybridized carbons (Fsp3) is 0.0625. The van der Waals surface area contributed by atoms with Crippen LogP contribution in [0.25, 0.3) is 11.4 Å². The number of halogens is 4. The van der Waals surface area contributed by atoms with Gasteiger partial charge in [0.1, 0.15) is 0 Å². The van der Waals surface area contributed by atoms with E-state index < -0.39 is 11.7 Å². The number of benzene rings is 2. The number of aromatic amines is 1. The monoisotopic (exact) mass is 382 g/mol. The molecule has 128 valence electrons. The lowest BCUT2D eigenvalue weighted by Gasteiger charge is -2.09. The molecule has 3 rings (SSSR count). The molecule has 2 aromatic carbocycles. The van der Waals surface area contributed by atoms with Crippen LogP contribution in [0, 0.1) is 4.77 Å². The largest absolute Gasteiger partial charge is 0.417 e. The van der Waals surface area contributed by atoms with Crippen molar-refractivity contribution in [1.29, 1.82) is 0 Å². The Morgan fingerprint density at radius 2 is 1.80 bits per heavy atom. The lowest BCUT2D eigenvalue weighted by Crippen LogP contribution is -2.09. The molecular formula is C16H10ClF3N4S. The van der Waals surface area contributed by atoms with Gasteiger partial charge in [-0.05, 0) is 30.4 Å². The van der Waals surface area contributed by atoms with Crippen molar-refractivity contribution in [2.24, 2.45) is 5.10 Å². The summed E-state index contributed by atoms with van der Waals surface area (Å²) >= 11 is 11.2. The first-order valence-corrected chi connectivity index (χ1v) is 7.79. The molecule has 0 fully saturated rings. The predicted molar refractivity (Wildman–Crippen MR) is 92.3 cm³/mol. The van der Waals surface area contributed by atoms with E-state index in [9.17, 15) is 13.2 Å². The van der Waals surface area contributed by atoms with Crippen molar-refractivity contribution in [3.8, 4) is 11.4 Å². The Balaban J connectivity index is 2.07. The Bertz CT molecular complexity index is 991. The molecule has 0 aliphatic carbocycles. The van der Waals surface area contributed by atoms with Crippen molar-refractivity contribution in [2.75, 3.05) is 0 Å². The van der Waals surface area contributed by atoms with Crippen LogP contribution in [0.15, 0.2) is 53.6 Å².